The van der Waals surface area contributed by atoms with Gasteiger partial charge in [0, 0.05) is 36.7 Å². The summed E-state index contributed by atoms with van der Waals surface area (Å²) in [6, 6.07) is 7.37. The molecule has 0 aromatic heterocycles. The van der Waals surface area contributed by atoms with Gasteiger partial charge in [-0.3, -0.25) is 9.59 Å². The van der Waals surface area contributed by atoms with Crippen LogP contribution in [0, 0.1) is 11.8 Å². The van der Waals surface area contributed by atoms with Crippen LogP contribution < -0.4 is 10.1 Å². The van der Waals surface area contributed by atoms with Gasteiger partial charge in [-0.15, -0.1) is 0 Å². The molecule has 5 nitrogen and oxygen atoms in total. The summed E-state index contributed by atoms with van der Waals surface area (Å²) in [4.78, 5) is 26.6. The molecule has 1 saturated carbocycles. The summed E-state index contributed by atoms with van der Waals surface area (Å²) < 4.78 is 5.17. The summed E-state index contributed by atoms with van der Waals surface area (Å²) in [5, 5.41) is 2.95. The maximum absolute atomic E-state index is 12.4. The van der Waals surface area contributed by atoms with Crippen molar-refractivity contribution >= 4 is 17.5 Å². The van der Waals surface area contributed by atoms with Crippen LogP contribution in [0.25, 0.3) is 0 Å². The minimum atomic E-state index is -0.0216. The number of benzene rings is 1. The fraction of sp³-hybridized carbons (Fsp3) is 0.556. The zero-order valence-corrected chi connectivity index (χ0v) is 13.6. The molecule has 1 aliphatic carbocycles. The third kappa shape index (κ3) is 3.66. The van der Waals surface area contributed by atoms with E-state index in [2.05, 4.69) is 5.32 Å². The van der Waals surface area contributed by atoms with Gasteiger partial charge >= 0.3 is 0 Å². The summed E-state index contributed by atoms with van der Waals surface area (Å²) in [6.07, 6.45) is 4.74. The van der Waals surface area contributed by atoms with Gasteiger partial charge < -0.3 is 15.0 Å². The zero-order chi connectivity index (χ0) is 16.2. The molecule has 2 fully saturated rings. The minimum absolute atomic E-state index is 0.0216. The highest BCUT2D eigenvalue weighted by Crippen LogP contribution is 2.30. The van der Waals surface area contributed by atoms with E-state index in [4.69, 9.17) is 4.74 Å². The molecule has 0 unspecified atom stereocenters. The Morgan fingerprint density at radius 3 is 2.48 bits per heavy atom. The molecule has 1 aliphatic heterocycles. The lowest BCUT2D eigenvalue weighted by Crippen LogP contribution is -2.45. The first-order valence-corrected chi connectivity index (χ1v) is 8.41. The summed E-state index contributed by atoms with van der Waals surface area (Å²) >= 11 is 0. The van der Waals surface area contributed by atoms with Gasteiger partial charge in [-0.2, -0.15) is 0 Å². The molecule has 5 heteroatoms. The van der Waals surface area contributed by atoms with Crippen molar-refractivity contribution in [3.05, 3.63) is 24.3 Å². The quantitative estimate of drug-likeness (QED) is 0.929. The second-order valence-electron chi connectivity index (χ2n) is 6.45. The maximum atomic E-state index is 12.4. The lowest BCUT2D eigenvalue weighted by molar-refractivity contribution is -0.140. The van der Waals surface area contributed by atoms with Crippen molar-refractivity contribution in [3.63, 3.8) is 0 Å². The second-order valence-corrected chi connectivity index (χ2v) is 6.45. The number of carbonyl (C=O) groups is 2. The Bertz CT molecular complexity index is 575. The molecule has 23 heavy (non-hydrogen) atoms. The van der Waals surface area contributed by atoms with E-state index in [9.17, 15) is 9.59 Å². The fourth-order valence-electron chi connectivity index (χ4n) is 3.22. The first-order valence-electron chi connectivity index (χ1n) is 8.41. The summed E-state index contributed by atoms with van der Waals surface area (Å²) in [5.41, 5.74) is 0.752. The van der Waals surface area contributed by atoms with Crippen LogP contribution >= 0.6 is 0 Å². The maximum Gasteiger partial charge on any atom is 0.227 e. The third-order valence-electron chi connectivity index (χ3n) is 4.97. The van der Waals surface area contributed by atoms with Crippen molar-refractivity contribution < 1.29 is 14.3 Å². The zero-order valence-electron chi connectivity index (χ0n) is 13.6. The normalized spacial score (nSPS) is 19.1. The minimum Gasteiger partial charge on any atom is -0.497 e. The van der Waals surface area contributed by atoms with Crippen LogP contribution in [-0.2, 0) is 9.59 Å². The molecule has 1 aromatic carbocycles. The van der Waals surface area contributed by atoms with E-state index in [1.807, 2.05) is 29.2 Å². The van der Waals surface area contributed by atoms with E-state index in [0.29, 0.717) is 19.0 Å². The summed E-state index contributed by atoms with van der Waals surface area (Å²) in [6.45, 7) is 1.40. The van der Waals surface area contributed by atoms with Gasteiger partial charge in [-0.1, -0.05) is 12.5 Å². The summed E-state index contributed by atoms with van der Waals surface area (Å²) in [7, 11) is 1.61. The molecule has 0 atom stereocenters. The van der Waals surface area contributed by atoms with Crippen LogP contribution in [0.2, 0.25) is 0 Å². The molecule has 0 bridgehead atoms. The average Bonchev–Trinajstić information content (AvgIpc) is 2.53. The fourth-order valence-corrected chi connectivity index (χ4v) is 3.22. The second kappa shape index (κ2) is 7.02. The molecule has 1 N–H and O–H groups in total. The van der Waals surface area contributed by atoms with Crippen molar-refractivity contribution in [1.82, 2.24) is 4.90 Å². The van der Waals surface area contributed by atoms with E-state index >= 15 is 0 Å². The van der Waals surface area contributed by atoms with Gasteiger partial charge in [0.1, 0.15) is 5.75 Å². The molecule has 0 radical (unpaired) electrons. The largest absolute Gasteiger partial charge is 0.497 e. The monoisotopic (exact) mass is 316 g/mol. The van der Waals surface area contributed by atoms with Crippen LogP contribution in [0.3, 0.4) is 0 Å². The predicted octanol–water partition coefficient (Wildman–Crippen LogP) is 2.67. The Labute approximate surface area is 137 Å². The Morgan fingerprint density at radius 1 is 1.13 bits per heavy atom. The van der Waals surface area contributed by atoms with Crippen molar-refractivity contribution in [2.75, 3.05) is 25.5 Å². The molecular weight excluding hydrogens is 292 g/mol. The first-order chi connectivity index (χ1) is 11.2. The van der Waals surface area contributed by atoms with Crippen LogP contribution in [0.1, 0.15) is 32.1 Å². The van der Waals surface area contributed by atoms with Crippen molar-refractivity contribution in [2.24, 2.45) is 11.8 Å². The van der Waals surface area contributed by atoms with Crippen molar-refractivity contribution in [3.8, 4) is 5.75 Å². The van der Waals surface area contributed by atoms with E-state index in [1.54, 1.807) is 7.11 Å². The third-order valence-corrected chi connectivity index (χ3v) is 4.97. The van der Waals surface area contributed by atoms with Crippen LogP contribution in [0.15, 0.2) is 24.3 Å². The molecule has 1 aromatic rings. The molecular formula is C18H24N2O3. The van der Waals surface area contributed by atoms with E-state index in [0.717, 1.165) is 37.1 Å². The highest BCUT2D eigenvalue weighted by Gasteiger charge is 2.33. The molecule has 2 aliphatic rings. The molecule has 0 spiro atoms. The predicted molar refractivity (Wildman–Crippen MR) is 88.3 cm³/mol. The number of anilines is 1. The number of nitrogens with zero attached hydrogens (tertiary/aromatic N) is 1. The smallest absolute Gasteiger partial charge is 0.227 e. The Balaban J connectivity index is 1.50. The lowest BCUT2D eigenvalue weighted by atomic mass is 9.83. The van der Waals surface area contributed by atoms with Crippen LogP contribution in [0.4, 0.5) is 5.69 Å². The topological polar surface area (TPSA) is 58.6 Å². The van der Waals surface area contributed by atoms with E-state index in [1.165, 1.54) is 6.42 Å². The SMILES string of the molecule is COc1cccc(NC(=O)C2CCN(C(=O)C3CCC3)CC2)c1. The van der Waals surface area contributed by atoms with Crippen LogP contribution in [0.5, 0.6) is 5.75 Å². The standard InChI is InChI=1S/C18H24N2O3/c1-23-16-7-3-6-15(12-16)19-17(21)13-8-10-20(11-9-13)18(22)14-4-2-5-14/h3,6-7,12-14H,2,4-5,8-11H2,1H3,(H,19,21). The molecule has 1 heterocycles. The van der Waals surface area contributed by atoms with Gasteiger partial charge in [0.15, 0.2) is 0 Å². The molecule has 3 rings (SSSR count). The lowest BCUT2D eigenvalue weighted by Gasteiger charge is -2.36. The first kappa shape index (κ1) is 15.8. The van der Waals surface area contributed by atoms with Gasteiger partial charge in [-0.25, -0.2) is 0 Å². The molecule has 2 amide bonds. The number of carbonyl (C=O) groups excluding carboxylic acids is 2. The number of hydrogen-bond donors (Lipinski definition) is 1. The highest BCUT2D eigenvalue weighted by atomic mass is 16.5. The van der Waals surface area contributed by atoms with E-state index < -0.39 is 0 Å². The summed E-state index contributed by atoms with van der Waals surface area (Å²) in [5.74, 6) is 1.28. The number of amides is 2. The van der Waals surface area contributed by atoms with Gasteiger partial charge in [0.2, 0.25) is 11.8 Å². The molecule has 1 saturated heterocycles. The number of nitrogens with one attached hydrogen (secondary N) is 1. The van der Waals surface area contributed by atoms with Gasteiger partial charge in [-0.05, 0) is 37.8 Å². The Kier molecular flexibility index (Phi) is 4.84. The number of rotatable bonds is 4. The number of methoxy groups -OCH3 is 1. The number of hydrogen-bond acceptors (Lipinski definition) is 3. The number of likely N-dealkylation sites (tertiary alicyclic amines) is 1. The average molecular weight is 316 g/mol. The van der Waals surface area contributed by atoms with Crippen molar-refractivity contribution in [2.45, 2.75) is 32.1 Å². The van der Waals surface area contributed by atoms with Crippen LogP contribution in [-0.4, -0.2) is 36.9 Å². The molecule has 124 valence electrons. The van der Waals surface area contributed by atoms with Gasteiger partial charge in [0.25, 0.3) is 0 Å². The van der Waals surface area contributed by atoms with Crippen molar-refractivity contribution in [1.29, 1.82) is 0 Å². The Morgan fingerprint density at radius 2 is 1.87 bits per heavy atom. The van der Waals surface area contributed by atoms with E-state index in [-0.39, 0.29) is 17.7 Å². The highest BCUT2D eigenvalue weighted by molar-refractivity contribution is 5.93. The number of ether oxygens (including phenoxy) is 1. The Hall–Kier alpha value is -2.04. The number of piperidine rings is 1. The van der Waals surface area contributed by atoms with Gasteiger partial charge in [0.05, 0.1) is 7.11 Å².